The lowest BCUT2D eigenvalue weighted by Crippen LogP contribution is -2.41. The lowest BCUT2D eigenvalue weighted by atomic mass is 9.97. The van der Waals surface area contributed by atoms with Crippen molar-refractivity contribution >= 4 is 6.09 Å². The molecule has 21 heavy (non-hydrogen) atoms. The molecule has 1 saturated heterocycles. The van der Waals surface area contributed by atoms with Crippen LogP contribution >= 0.6 is 0 Å². The van der Waals surface area contributed by atoms with Crippen LogP contribution in [0.25, 0.3) is 0 Å². The predicted molar refractivity (Wildman–Crippen MR) is 73.7 cm³/mol. The first-order chi connectivity index (χ1) is 9.76. The van der Waals surface area contributed by atoms with Gasteiger partial charge in [-0.15, -0.1) is 0 Å². The quantitative estimate of drug-likeness (QED) is 0.690. The predicted octanol–water partition coefficient (Wildman–Crippen LogP) is 2.54. The molecule has 5 nitrogen and oxygen atoms in total. The highest BCUT2D eigenvalue weighted by molar-refractivity contribution is 5.68. The highest BCUT2D eigenvalue weighted by atomic mass is 19.1. The van der Waals surface area contributed by atoms with Crippen LogP contribution in [0.1, 0.15) is 32.8 Å². The standard InChI is InChI=1S/C15H19FN2O3/c1-14(2,3)21-13(19)18-7-6-15(9-18)8-10-4-5-11(16)17-12(10)20-15/h4-5H,6-9H2,1-3H3. The van der Waals surface area contributed by atoms with Gasteiger partial charge in [-0.2, -0.15) is 9.37 Å². The molecule has 1 unspecified atom stereocenters. The van der Waals surface area contributed by atoms with E-state index in [4.69, 9.17) is 9.47 Å². The highest BCUT2D eigenvalue weighted by Crippen LogP contribution is 2.39. The van der Waals surface area contributed by atoms with E-state index in [-0.39, 0.29) is 6.09 Å². The Labute approximate surface area is 123 Å². The number of hydrogen-bond acceptors (Lipinski definition) is 4. The summed E-state index contributed by atoms with van der Waals surface area (Å²) in [5.41, 5.74) is -0.112. The summed E-state index contributed by atoms with van der Waals surface area (Å²) in [4.78, 5) is 17.5. The third kappa shape index (κ3) is 2.80. The molecule has 0 aliphatic carbocycles. The average Bonchev–Trinajstić information content (AvgIpc) is 2.90. The van der Waals surface area contributed by atoms with Gasteiger partial charge in [0.25, 0.3) is 0 Å². The first-order valence-electron chi connectivity index (χ1n) is 7.09. The Hall–Kier alpha value is -1.85. The summed E-state index contributed by atoms with van der Waals surface area (Å²) in [6.45, 7) is 6.54. The second-order valence-corrected chi connectivity index (χ2v) is 6.71. The lowest BCUT2D eigenvalue weighted by molar-refractivity contribution is 0.0228. The SMILES string of the molecule is CC(C)(C)OC(=O)N1CCC2(Cc3ccc(F)nc3O2)C1. The number of carbonyl (C=O) groups is 1. The molecular weight excluding hydrogens is 275 g/mol. The number of carbonyl (C=O) groups excluding carboxylic acids is 1. The van der Waals surface area contributed by atoms with Crippen LogP contribution in [0.4, 0.5) is 9.18 Å². The zero-order valence-electron chi connectivity index (χ0n) is 12.5. The lowest BCUT2D eigenvalue weighted by Gasteiger charge is -2.26. The van der Waals surface area contributed by atoms with Gasteiger partial charge < -0.3 is 14.4 Å². The van der Waals surface area contributed by atoms with E-state index in [2.05, 4.69) is 4.98 Å². The van der Waals surface area contributed by atoms with Crippen LogP contribution in [-0.2, 0) is 11.2 Å². The Morgan fingerprint density at radius 1 is 1.48 bits per heavy atom. The molecule has 0 bridgehead atoms. The Morgan fingerprint density at radius 3 is 2.95 bits per heavy atom. The minimum absolute atomic E-state index is 0.335. The molecule has 0 aromatic carbocycles. The molecule has 0 N–H and O–H groups in total. The van der Waals surface area contributed by atoms with E-state index in [9.17, 15) is 9.18 Å². The van der Waals surface area contributed by atoms with E-state index in [0.717, 1.165) is 5.56 Å². The smallest absolute Gasteiger partial charge is 0.410 e. The van der Waals surface area contributed by atoms with Crippen molar-refractivity contribution in [3.8, 4) is 5.88 Å². The van der Waals surface area contributed by atoms with Crippen molar-refractivity contribution in [3.63, 3.8) is 0 Å². The molecule has 1 atom stereocenters. The molecule has 114 valence electrons. The van der Waals surface area contributed by atoms with Crippen molar-refractivity contribution in [2.45, 2.75) is 44.8 Å². The number of hydrogen-bond donors (Lipinski definition) is 0. The summed E-state index contributed by atoms with van der Waals surface area (Å²) in [7, 11) is 0. The first kappa shape index (κ1) is 14.1. The summed E-state index contributed by atoms with van der Waals surface area (Å²) in [6.07, 6.45) is 1.01. The maximum absolute atomic E-state index is 13.2. The van der Waals surface area contributed by atoms with Crippen LogP contribution < -0.4 is 4.74 Å². The minimum Gasteiger partial charge on any atom is -0.468 e. The van der Waals surface area contributed by atoms with Crippen LogP contribution in [0.5, 0.6) is 5.88 Å². The fraction of sp³-hybridized carbons (Fsp3) is 0.600. The fourth-order valence-corrected chi connectivity index (χ4v) is 2.81. The molecule has 1 aromatic heterocycles. The molecule has 0 saturated carbocycles. The van der Waals surface area contributed by atoms with Crippen molar-refractivity contribution in [2.24, 2.45) is 0 Å². The van der Waals surface area contributed by atoms with E-state index < -0.39 is 17.1 Å². The zero-order chi connectivity index (χ0) is 15.3. The molecule has 1 spiro atoms. The van der Waals surface area contributed by atoms with Gasteiger partial charge in [-0.25, -0.2) is 4.79 Å². The average molecular weight is 294 g/mol. The van der Waals surface area contributed by atoms with Gasteiger partial charge in [0.15, 0.2) is 0 Å². The van der Waals surface area contributed by atoms with Gasteiger partial charge in [-0.3, -0.25) is 0 Å². The van der Waals surface area contributed by atoms with Gasteiger partial charge in [0.1, 0.15) is 11.2 Å². The number of halogens is 1. The largest absolute Gasteiger partial charge is 0.468 e. The number of ether oxygens (including phenoxy) is 2. The maximum atomic E-state index is 13.2. The number of aromatic nitrogens is 1. The van der Waals surface area contributed by atoms with Crippen LogP contribution in [0.3, 0.4) is 0 Å². The summed E-state index contributed by atoms with van der Waals surface area (Å²) < 4.78 is 24.4. The van der Waals surface area contributed by atoms with Crippen LogP contribution in [-0.4, -0.2) is 40.3 Å². The van der Waals surface area contributed by atoms with Crippen molar-refractivity contribution in [1.29, 1.82) is 0 Å². The maximum Gasteiger partial charge on any atom is 0.410 e. The number of fused-ring (bicyclic) bond motifs is 1. The van der Waals surface area contributed by atoms with Crippen molar-refractivity contribution in [3.05, 3.63) is 23.6 Å². The number of pyridine rings is 1. The van der Waals surface area contributed by atoms with Crippen LogP contribution in [0, 0.1) is 5.95 Å². The van der Waals surface area contributed by atoms with Gasteiger partial charge in [0.2, 0.25) is 11.8 Å². The van der Waals surface area contributed by atoms with Gasteiger partial charge in [0.05, 0.1) is 6.54 Å². The van der Waals surface area contributed by atoms with Gasteiger partial charge in [0, 0.05) is 24.9 Å². The summed E-state index contributed by atoms with van der Waals surface area (Å²) >= 11 is 0. The second kappa shape index (κ2) is 4.58. The third-order valence-electron chi connectivity index (χ3n) is 3.70. The summed E-state index contributed by atoms with van der Waals surface area (Å²) in [6, 6.07) is 3.03. The van der Waals surface area contributed by atoms with Crippen molar-refractivity contribution < 1.29 is 18.7 Å². The van der Waals surface area contributed by atoms with E-state index in [1.165, 1.54) is 6.07 Å². The van der Waals surface area contributed by atoms with E-state index in [0.29, 0.717) is 31.8 Å². The monoisotopic (exact) mass is 294 g/mol. The topological polar surface area (TPSA) is 51.7 Å². The Balaban J connectivity index is 1.70. The minimum atomic E-state index is -0.548. The molecule has 1 fully saturated rings. The molecule has 2 aliphatic heterocycles. The number of amides is 1. The summed E-state index contributed by atoms with van der Waals surface area (Å²) in [5.74, 6) is -0.200. The van der Waals surface area contributed by atoms with Gasteiger partial charge in [-0.05, 0) is 32.9 Å². The van der Waals surface area contributed by atoms with Crippen molar-refractivity contribution in [1.82, 2.24) is 9.88 Å². The Bertz CT molecular complexity index is 585. The molecule has 0 radical (unpaired) electrons. The highest BCUT2D eigenvalue weighted by Gasteiger charge is 2.47. The summed E-state index contributed by atoms with van der Waals surface area (Å²) in [5, 5.41) is 0. The molecule has 2 aliphatic rings. The van der Waals surface area contributed by atoms with Crippen LogP contribution in [0.2, 0.25) is 0 Å². The van der Waals surface area contributed by atoms with E-state index in [1.54, 1.807) is 11.0 Å². The van der Waals surface area contributed by atoms with E-state index >= 15 is 0 Å². The number of likely N-dealkylation sites (tertiary alicyclic amines) is 1. The Kier molecular flexibility index (Phi) is 3.07. The molecule has 3 heterocycles. The zero-order valence-corrected chi connectivity index (χ0v) is 12.5. The molecule has 1 amide bonds. The van der Waals surface area contributed by atoms with Gasteiger partial charge >= 0.3 is 6.09 Å². The molecular formula is C15H19FN2O3. The first-order valence-corrected chi connectivity index (χ1v) is 7.09. The second-order valence-electron chi connectivity index (χ2n) is 6.71. The number of nitrogens with zero attached hydrogens (tertiary/aromatic N) is 2. The van der Waals surface area contributed by atoms with Gasteiger partial charge in [-0.1, -0.05) is 0 Å². The Morgan fingerprint density at radius 2 is 2.24 bits per heavy atom. The van der Waals surface area contributed by atoms with E-state index in [1.807, 2.05) is 20.8 Å². The fourth-order valence-electron chi connectivity index (χ4n) is 2.81. The van der Waals surface area contributed by atoms with Crippen molar-refractivity contribution in [2.75, 3.05) is 13.1 Å². The molecule has 3 rings (SSSR count). The van der Waals surface area contributed by atoms with Crippen LogP contribution in [0.15, 0.2) is 12.1 Å². The number of rotatable bonds is 0. The third-order valence-corrected chi connectivity index (χ3v) is 3.70. The molecule has 6 heteroatoms. The molecule has 1 aromatic rings. The normalized spacial score (nSPS) is 24.1.